The second-order valence-corrected chi connectivity index (χ2v) is 16.8. The Labute approximate surface area is 341 Å². The predicted octanol–water partition coefficient (Wildman–Crippen LogP) is 7.50. The maximum atomic E-state index is 13.0. The van der Waals surface area contributed by atoms with E-state index >= 15 is 0 Å². The van der Waals surface area contributed by atoms with Gasteiger partial charge in [0.25, 0.3) is 0 Å². The number of ether oxygens (including phenoxy) is 2. The van der Waals surface area contributed by atoms with Crippen LogP contribution in [0.25, 0.3) is 0 Å². The number of unbranched alkanes of at least 4 members (excludes halogenated alkanes) is 27. The fraction of sp³-hybridized carbons (Fsp3) is 0.978. The van der Waals surface area contributed by atoms with Crippen LogP contribution in [0.4, 0.5) is 0 Å². The van der Waals surface area contributed by atoms with Crippen molar-refractivity contribution in [3.8, 4) is 0 Å². The van der Waals surface area contributed by atoms with Crippen molar-refractivity contribution in [3.05, 3.63) is 0 Å². The molecule has 0 aromatic carbocycles. The number of carbonyl (C=O) groups is 1. The first kappa shape index (κ1) is 53.1. The van der Waals surface area contributed by atoms with Gasteiger partial charge in [-0.1, -0.05) is 200 Å². The van der Waals surface area contributed by atoms with Crippen LogP contribution in [0, 0.1) is 0 Å². The Morgan fingerprint density at radius 2 is 0.929 bits per heavy atom. The second-order valence-electron chi connectivity index (χ2n) is 16.8. The Morgan fingerprint density at radius 1 is 0.554 bits per heavy atom. The number of aliphatic hydroxyl groups excluding tert-OH is 7. The highest BCUT2D eigenvalue weighted by Crippen LogP contribution is 2.23. The first-order valence-electron chi connectivity index (χ1n) is 23.4. The molecule has 0 radical (unpaired) electrons. The van der Waals surface area contributed by atoms with Crippen LogP contribution in [0.5, 0.6) is 0 Å². The number of rotatable bonds is 39. The van der Waals surface area contributed by atoms with Crippen LogP contribution in [0.3, 0.4) is 0 Å². The van der Waals surface area contributed by atoms with Gasteiger partial charge in [-0.25, -0.2) is 0 Å². The van der Waals surface area contributed by atoms with Crippen LogP contribution >= 0.6 is 0 Å². The molecule has 0 bridgehead atoms. The largest absolute Gasteiger partial charge is 0.394 e. The summed E-state index contributed by atoms with van der Waals surface area (Å²) in [6.45, 7) is 3.42. The lowest BCUT2D eigenvalue weighted by molar-refractivity contribution is -0.303. The van der Waals surface area contributed by atoms with Crippen molar-refractivity contribution in [2.24, 2.45) is 0 Å². The SMILES string of the molecule is CCCCCCCCCCCCCCCCCCCCCCC(O)C(O)C(COC1OC(CO)C(O)C(O)C1O)NC(=O)C(O)CCCCCCCCCCC. The molecule has 0 aliphatic carbocycles. The molecule has 0 aromatic rings. The van der Waals surface area contributed by atoms with E-state index in [1.807, 2.05) is 0 Å². The normalized spacial score (nSPS) is 22.2. The fourth-order valence-electron chi connectivity index (χ4n) is 7.74. The molecule has 1 amide bonds. The van der Waals surface area contributed by atoms with Gasteiger partial charge in [0.2, 0.25) is 5.91 Å². The third kappa shape index (κ3) is 25.6. The molecule has 9 unspecified atom stereocenters. The smallest absolute Gasteiger partial charge is 0.249 e. The Balaban J connectivity index is 2.38. The predicted molar refractivity (Wildman–Crippen MR) is 224 cm³/mol. The summed E-state index contributed by atoms with van der Waals surface area (Å²) < 4.78 is 11.1. The molecule has 1 aliphatic heterocycles. The van der Waals surface area contributed by atoms with E-state index < -0.39 is 74.2 Å². The van der Waals surface area contributed by atoms with Crippen LogP contribution < -0.4 is 5.32 Å². The van der Waals surface area contributed by atoms with Crippen LogP contribution in [0.2, 0.25) is 0 Å². The molecule has 11 heteroatoms. The van der Waals surface area contributed by atoms with E-state index in [0.717, 1.165) is 38.5 Å². The van der Waals surface area contributed by atoms with Crippen molar-refractivity contribution in [2.45, 2.75) is 268 Å². The number of aliphatic hydroxyl groups is 7. The zero-order valence-electron chi connectivity index (χ0n) is 35.9. The molecule has 0 aromatic heterocycles. The first-order chi connectivity index (χ1) is 27.2. The third-order valence-electron chi connectivity index (χ3n) is 11.7. The van der Waals surface area contributed by atoms with Gasteiger partial charge in [-0.05, 0) is 12.8 Å². The van der Waals surface area contributed by atoms with Crippen LogP contribution in [-0.4, -0.2) is 110 Å². The lowest BCUT2D eigenvalue weighted by Crippen LogP contribution is -2.60. The summed E-state index contributed by atoms with van der Waals surface area (Å²) in [6, 6.07) is -1.16. The van der Waals surface area contributed by atoms with Crippen LogP contribution in [0.15, 0.2) is 0 Å². The minimum Gasteiger partial charge on any atom is -0.394 e. The molecule has 0 spiro atoms. The summed E-state index contributed by atoms with van der Waals surface area (Å²) in [5.74, 6) is -0.697. The summed E-state index contributed by atoms with van der Waals surface area (Å²) in [5, 5.41) is 75.5. The average Bonchev–Trinajstić information content (AvgIpc) is 3.20. The van der Waals surface area contributed by atoms with E-state index in [1.54, 1.807) is 0 Å². The summed E-state index contributed by atoms with van der Waals surface area (Å²) in [5.41, 5.74) is 0. The molecule has 8 N–H and O–H groups in total. The van der Waals surface area contributed by atoms with Crippen molar-refractivity contribution >= 4 is 5.91 Å². The standard InChI is InChI=1S/C45H89NO10/c1-3-5-7-9-11-13-14-15-16-17-18-19-20-21-22-23-25-26-28-30-32-37(48)40(50)36(35-55-45-43(53)42(52)41(51)39(34-47)56-45)46-44(54)38(49)33-31-29-27-24-12-10-8-6-4-2/h36-43,45,47-53H,3-35H2,1-2H3,(H,46,54). The second kappa shape index (κ2) is 36.0. The molecular formula is C45H89NO10. The lowest BCUT2D eigenvalue weighted by Gasteiger charge is -2.40. The van der Waals surface area contributed by atoms with Gasteiger partial charge in [-0.3, -0.25) is 4.79 Å². The van der Waals surface area contributed by atoms with Gasteiger partial charge < -0.3 is 50.5 Å². The van der Waals surface area contributed by atoms with Crippen molar-refractivity contribution < 1.29 is 50.0 Å². The molecule has 9 atom stereocenters. The molecule has 56 heavy (non-hydrogen) atoms. The number of hydrogen-bond acceptors (Lipinski definition) is 10. The third-order valence-corrected chi connectivity index (χ3v) is 11.7. The maximum absolute atomic E-state index is 13.0. The highest BCUT2D eigenvalue weighted by molar-refractivity contribution is 5.80. The molecule has 11 nitrogen and oxygen atoms in total. The Bertz CT molecular complexity index is 882. The highest BCUT2D eigenvalue weighted by atomic mass is 16.7. The number of carbonyl (C=O) groups excluding carboxylic acids is 1. The first-order valence-corrected chi connectivity index (χ1v) is 23.4. The molecule has 1 saturated heterocycles. The molecule has 1 fully saturated rings. The van der Waals surface area contributed by atoms with Crippen molar-refractivity contribution in [1.82, 2.24) is 5.32 Å². The molecule has 1 rings (SSSR count). The molecule has 1 heterocycles. The fourth-order valence-corrected chi connectivity index (χ4v) is 7.74. The van der Waals surface area contributed by atoms with Crippen molar-refractivity contribution in [2.75, 3.05) is 13.2 Å². The highest BCUT2D eigenvalue weighted by Gasteiger charge is 2.44. The van der Waals surface area contributed by atoms with Crippen LogP contribution in [0.1, 0.15) is 213 Å². The molecule has 334 valence electrons. The van der Waals surface area contributed by atoms with Gasteiger partial charge in [0, 0.05) is 0 Å². The summed E-state index contributed by atoms with van der Waals surface area (Å²) >= 11 is 0. The zero-order chi connectivity index (χ0) is 41.2. The van der Waals surface area contributed by atoms with Gasteiger partial charge in [0.1, 0.15) is 36.6 Å². The van der Waals surface area contributed by atoms with Crippen molar-refractivity contribution in [3.63, 3.8) is 0 Å². The van der Waals surface area contributed by atoms with Gasteiger partial charge in [-0.2, -0.15) is 0 Å². The summed E-state index contributed by atoms with van der Waals surface area (Å²) in [4.78, 5) is 13.0. The van der Waals surface area contributed by atoms with Crippen molar-refractivity contribution in [1.29, 1.82) is 0 Å². The zero-order valence-corrected chi connectivity index (χ0v) is 35.9. The van der Waals surface area contributed by atoms with Gasteiger partial charge in [0.05, 0.1) is 25.4 Å². The van der Waals surface area contributed by atoms with E-state index in [2.05, 4.69) is 19.2 Å². The Hall–Kier alpha value is -0.890. The maximum Gasteiger partial charge on any atom is 0.249 e. The van der Waals surface area contributed by atoms with E-state index in [9.17, 15) is 40.5 Å². The van der Waals surface area contributed by atoms with E-state index in [-0.39, 0.29) is 6.42 Å². The Morgan fingerprint density at radius 3 is 1.32 bits per heavy atom. The van der Waals surface area contributed by atoms with Gasteiger partial charge >= 0.3 is 0 Å². The minimum atomic E-state index is -1.65. The lowest BCUT2D eigenvalue weighted by atomic mass is 9.98. The summed E-state index contributed by atoms with van der Waals surface area (Å²) in [6.07, 6.45) is 24.5. The monoisotopic (exact) mass is 804 g/mol. The number of amides is 1. The van der Waals surface area contributed by atoms with E-state index in [1.165, 1.54) is 135 Å². The summed E-state index contributed by atoms with van der Waals surface area (Å²) in [7, 11) is 0. The average molecular weight is 804 g/mol. The number of nitrogens with one attached hydrogen (secondary N) is 1. The van der Waals surface area contributed by atoms with Crippen LogP contribution in [-0.2, 0) is 14.3 Å². The van der Waals surface area contributed by atoms with E-state index in [0.29, 0.717) is 19.3 Å². The molecular weight excluding hydrogens is 714 g/mol. The number of hydrogen-bond donors (Lipinski definition) is 8. The molecule has 0 saturated carbocycles. The quantitative estimate of drug-likeness (QED) is 0.0289. The van der Waals surface area contributed by atoms with E-state index in [4.69, 9.17) is 9.47 Å². The molecule has 1 aliphatic rings. The van der Waals surface area contributed by atoms with Gasteiger partial charge in [0.15, 0.2) is 6.29 Å². The van der Waals surface area contributed by atoms with Gasteiger partial charge in [-0.15, -0.1) is 0 Å². The topological polar surface area (TPSA) is 189 Å². The minimum absolute atomic E-state index is 0.264. The Kier molecular flexibility index (Phi) is 34.2.